The van der Waals surface area contributed by atoms with Crippen LogP contribution in [-0.2, 0) is 17.6 Å². The summed E-state index contributed by atoms with van der Waals surface area (Å²) in [7, 11) is 1.36. The zero-order valence-electron chi connectivity index (χ0n) is 14.9. The van der Waals surface area contributed by atoms with Crippen LogP contribution in [0.5, 0.6) is 0 Å². The molecule has 1 aromatic carbocycles. The van der Waals surface area contributed by atoms with Crippen molar-refractivity contribution in [2.75, 3.05) is 7.11 Å². The van der Waals surface area contributed by atoms with Crippen LogP contribution in [0.4, 0.5) is 4.79 Å². The van der Waals surface area contributed by atoms with E-state index in [1.165, 1.54) is 7.11 Å². The molecule has 130 valence electrons. The molecule has 0 saturated heterocycles. The van der Waals surface area contributed by atoms with Gasteiger partial charge in [0, 0.05) is 30.4 Å². The standard InChI is InChI=1S/C20H23N3O2/c1-4-5-19-21-13-18(14-22-19)11-8-16-6-9-17(10-7-16)12-15(2)23-20(24)25-3/h6-7,9-10,13-15H,4-5,12H2,1-3H3,(H,23,24). The number of amides is 1. The molecule has 0 bridgehead atoms. The second-order valence-corrected chi connectivity index (χ2v) is 5.83. The number of benzene rings is 1. The third-order valence-electron chi connectivity index (χ3n) is 3.58. The Morgan fingerprint density at radius 1 is 1.16 bits per heavy atom. The Morgan fingerprint density at radius 3 is 2.40 bits per heavy atom. The first-order valence-corrected chi connectivity index (χ1v) is 8.37. The Labute approximate surface area is 148 Å². The lowest BCUT2D eigenvalue weighted by molar-refractivity contribution is 0.167. The van der Waals surface area contributed by atoms with Gasteiger partial charge in [-0.05, 0) is 37.5 Å². The molecular weight excluding hydrogens is 314 g/mol. The molecule has 1 atom stereocenters. The predicted molar refractivity (Wildman–Crippen MR) is 97.2 cm³/mol. The van der Waals surface area contributed by atoms with Gasteiger partial charge in [0.05, 0.1) is 12.7 Å². The maximum Gasteiger partial charge on any atom is 0.407 e. The Hall–Kier alpha value is -2.87. The highest BCUT2D eigenvalue weighted by atomic mass is 16.5. The summed E-state index contributed by atoms with van der Waals surface area (Å²) in [4.78, 5) is 19.8. The van der Waals surface area contributed by atoms with Gasteiger partial charge in [0.15, 0.2) is 0 Å². The van der Waals surface area contributed by atoms with Gasteiger partial charge in [0.2, 0.25) is 0 Å². The summed E-state index contributed by atoms with van der Waals surface area (Å²) in [6.45, 7) is 4.04. The number of carbonyl (C=O) groups is 1. The molecule has 0 aliphatic rings. The van der Waals surface area contributed by atoms with Crippen molar-refractivity contribution in [2.45, 2.75) is 39.2 Å². The maximum atomic E-state index is 11.2. The first-order valence-electron chi connectivity index (χ1n) is 8.37. The molecule has 25 heavy (non-hydrogen) atoms. The smallest absolute Gasteiger partial charge is 0.407 e. The van der Waals surface area contributed by atoms with Crippen molar-refractivity contribution in [1.29, 1.82) is 0 Å². The fourth-order valence-corrected chi connectivity index (χ4v) is 2.31. The van der Waals surface area contributed by atoms with E-state index in [2.05, 4.69) is 38.8 Å². The molecule has 1 aromatic heterocycles. The molecule has 0 fully saturated rings. The largest absolute Gasteiger partial charge is 0.453 e. The van der Waals surface area contributed by atoms with Crippen LogP contribution < -0.4 is 5.32 Å². The molecule has 0 aliphatic carbocycles. The first-order chi connectivity index (χ1) is 12.1. The van der Waals surface area contributed by atoms with Crippen molar-refractivity contribution < 1.29 is 9.53 Å². The monoisotopic (exact) mass is 337 g/mol. The lowest BCUT2D eigenvalue weighted by atomic mass is 10.1. The van der Waals surface area contributed by atoms with E-state index >= 15 is 0 Å². The third kappa shape index (κ3) is 6.27. The van der Waals surface area contributed by atoms with Crippen LogP contribution in [0.15, 0.2) is 36.7 Å². The van der Waals surface area contributed by atoms with Gasteiger partial charge in [-0.2, -0.15) is 0 Å². The first kappa shape index (κ1) is 18.5. The molecule has 0 aliphatic heterocycles. The zero-order valence-corrected chi connectivity index (χ0v) is 14.9. The van der Waals surface area contributed by atoms with Crippen LogP contribution in [0.3, 0.4) is 0 Å². The molecule has 0 radical (unpaired) electrons. The molecule has 5 heteroatoms. The van der Waals surface area contributed by atoms with E-state index in [-0.39, 0.29) is 6.04 Å². The normalized spacial score (nSPS) is 11.2. The fraction of sp³-hybridized carbons (Fsp3) is 0.350. The molecular formula is C20H23N3O2. The Bertz CT molecular complexity index is 743. The van der Waals surface area contributed by atoms with Gasteiger partial charge in [-0.25, -0.2) is 14.8 Å². The number of carbonyl (C=O) groups excluding carboxylic acids is 1. The lowest BCUT2D eigenvalue weighted by Crippen LogP contribution is -2.33. The van der Waals surface area contributed by atoms with Gasteiger partial charge in [0.1, 0.15) is 5.82 Å². The molecule has 5 nitrogen and oxygen atoms in total. The van der Waals surface area contributed by atoms with Crippen molar-refractivity contribution in [2.24, 2.45) is 0 Å². The molecule has 0 spiro atoms. The van der Waals surface area contributed by atoms with E-state index in [9.17, 15) is 4.79 Å². The highest BCUT2D eigenvalue weighted by Crippen LogP contribution is 2.07. The van der Waals surface area contributed by atoms with E-state index < -0.39 is 6.09 Å². The number of alkyl carbamates (subject to hydrolysis) is 1. The second-order valence-electron chi connectivity index (χ2n) is 5.83. The van der Waals surface area contributed by atoms with E-state index in [0.717, 1.165) is 41.8 Å². The summed E-state index contributed by atoms with van der Waals surface area (Å²) in [5, 5.41) is 2.75. The number of aromatic nitrogens is 2. The summed E-state index contributed by atoms with van der Waals surface area (Å²) in [6.07, 6.45) is 5.76. The molecule has 2 rings (SSSR count). The summed E-state index contributed by atoms with van der Waals surface area (Å²) in [5.74, 6) is 7.04. The highest BCUT2D eigenvalue weighted by molar-refractivity contribution is 5.67. The van der Waals surface area contributed by atoms with E-state index in [4.69, 9.17) is 0 Å². The summed E-state index contributed by atoms with van der Waals surface area (Å²) < 4.78 is 4.59. The Kier molecular flexibility index (Phi) is 6.97. The van der Waals surface area contributed by atoms with E-state index in [1.54, 1.807) is 12.4 Å². The van der Waals surface area contributed by atoms with Crippen LogP contribution in [0.25, 0.3) is 0 Å². The molecule has 1 N–H and O–H groups in total. The van der Waals surface area contributed by atoms with E-state index in [0.29, 0.717) is 0 Å². The molecule has 1 heterocycles. The fourth-order valence-electron chi connectivity index (χ4n) is 2.31. The number of nitrogens with zero attached hydrogens (tertiary/aromatic N) is 2. The quantitative estimate of drug-likeness (QED) is 0.852. The maximum absolute atomic E-state index is 11.2. The lowest BCUT2D eigenvalue weighted by Gasteiger charge is -2.12. The summed E-state index contributed by atoms with van der Waals surface area (Å²) in [5.41, 5.74) is 2.86. The Balaban J connectivity index is 1.95. The van der Waals surface area contributed by atoms with Crippen molar-refractivity contribution in [3.63, 3.8) is 0 Å². The Morgan fingerprint density at radius 2 is 1.80 bits per heavy atom. The third-order valence-corrected chi connectivity index (χ3v) is 3.58. The molecule has 1 unspecified atom stereocenters. The number of nitrogens with one attached hydrogen (secondary N) is 1. The predicted octanol–water partition coefficient (Wildman–Crippen LogP) is 3.12. The van der Waals surface area contributed by atoms with E-state index in [1.807, 2.05) is 31.2 Å². The minimum absolute atomic E-state index is 0.00293. The topological polar surface area (TPSA) is 64.1 Å². The number of methoxy groups -OCH3 is 1. The van der Waals surface area contributed by atoms with Crippen molar-refractivity contribution in [1.82, 2.24) is 15.3 Å². The number of rotatable bonds is 5. The average molecular weight is 337 g/mol. The average Bonchev–Trinajstić information content (AvgIpc) is 2.62. The van der Waals surface area contributed by atoms with Gasteiger partial charge in [-0.3, -0.25) is 0 Å². The van der Waals surface area contributed by atoms with Gasteiger partial charge in [0.25, 0.3) is 0 Å². The summed E-state index contributed by atoms with van der Waals surface area (Å²) >= 11 is 0. The van der Waals surface area contributed by atoms with Crippen molar-refractivity contribution in [3.8, 4) is 11.8 Å². The van der Waals surface area contributed by atoms with Crippen LogP contribution in [-0.4, -0.2) is 29.2 Å². The number of ether oxygens (including phenoxy) is 1. The number of hydrogen-bond acceptors (Lipinski definition) is 4. The minimum Gasteiger partial charge on any atom is -0.453 e. The van der Waals surface area contributed by atoms with Crippen LogP contribution in [0.1, 0.15) is 42.8 Å². The second kappa shape index (κ2) is 9.43. The van der Waals surface area contributed by atoms with Crippen molar-refractivity contribution in [3.05, 3.63) is 59.2 Å². The van der Waals surface area contributed by atoms with Gasteiger partial charge in [-0.1, -0.05) is 30.9 Å². The highest BCUT2D eigenvalue weighted by Gasteiger charge is 2.07. The number of hydrogen-bond donors (Lipinski definition) is 1. The van der Waals surface area contributed by atoms with Gasteiger partial charge >= 0.3 is 6.09 Å². The molecule has 1 amide bonds. The molecule has 2 aromatic rings. The van der Waals surface area contributed by atoms with Gasteiger partial charge in [-0.15, -0.1) is 0 Å². The zero-order chi connectivity index (χ0) is 18.1. The number of aryl methyl sites for hydroxylation is 1. The molecule has 0 saturated carbocycles. The van der Waals surface area contributed by atoms with Crippen molar-refractivity contribution >= 4 is 6.09 Å². The van der Waals surface area contributed by atoms with Crippen LogP contribution in [0, 0.1) is 11.8 Å². The SMILES string of the molecule is CCCc1ncc(C#Cc2ccc(CC(C)NC(=O)OC)cc2)cn1. The minimum atomic E-state index is -0.415. The van der Waals surface area contributed by atoms with Crippen LogP contribution in [0.2, 0.25) is 0 Å². The van der Waals surface area contributed by atoms with Gasteiger partial charge < -0.3 is 10.1 Å². The van der Waals surface area contributed by atoms with Crippen LogP contribution >= 0.6 is 0 Å². The summed E-state index contributed by atoms with van der Waals surface area (Å²) in [6, 6.07) is 7.97.